The van der Waals surface area contributed by atoms with E-state index in [0.29, 0.717) is 5.69 Å². The van der Waals surface area contributed by atoms with Crippen LogP contribution in [0.25, 0.3) is 5.57 Å². The molecule has 0 aliphatic carbocycles. The van der Waals surface area contributed by atoms with Gasteiger partial charge in [0.2, 0.25) is 0 Å². The van der Waals surface area contributed by atoms with Crippen LogP contribution in [0.5, 0.6) is 0 Å². The van der Waals surface area contributed by atoms with Crippen molar-refractivity contribution in [2.75, 3.05) is 5.32 Å². The van der Waals surface area contributed by atoms with Crippen LogP contribution in [0, 0.1) is 0 Å². The second kappa shape index (κ2) is 13.4. The number of rotatable bonds is 9. The van der Waals surface area contributed by atoms with Gasteiger partial charge in [0.15, 0.2) is 0 Å². The second-order valence-corrected chi connectivity index (χ2v) is 12.0. The lowest BCUT2D eigenvalue weighted by molar-refractivity contribution is -0.143. The van der Waals surface area contributed by atoms with Crippen LogP contribution in [0.15, 0.2) is 65.8 Å². The van der Waals surface area contributed by atoms with Crippen LogP contribution in [0.1, 0.15) is 118 Å². The van der Waals surface area contributed by atoms with E-state index >= 15 is 0 Å². The van der Waals surface area contributed by atoms with Gasteiger partial charge < -0.3 is 5.32 Å². The van der Waals surface area contributed by atoms with Crippen LogP contribution in [-0.4, -0.2) is 6.21 Å². The van der Waals surface area contributed by atoms with Gasteiger partial charge in [0.05, 0.1) is 16.8 Å². The third-order valence-corrected chi connectivity index (χ3v) is 7.34. The standard InChI is InChI=1S/C35H40F6N2/c1-20(2)28-11-9-12-29(21(3)4)32(28)42-18-25(19-43-33-30(22(5)6)13-10-14-31(33)23(7)8)24-15-26(34(36,37)38)17-27(16-24)35(39,40)41/h9-23,42H,1-8H3/b25-18-,43-19?. The normalized spacial score (nSPS) is 13.3. The van der Waals surface area contributed by atoms with E-state index in [0.717, 1.165) is 40.1 Å². The predicted molar refractivity (Wildman–Crippen MR) is 165 cm³/mol. The molecule has 232 valence electrons. The van der Waals surface area contributed by atoms with Crippen molar-refractivity contribution < 1.29 is 26.3 Å². The molecule has 0 atom stereocenters. The first-order chi connectivity index (χ1) is 19.9. The summed E-state index contributed by atoms with van der Waals surface area (Å²) >= 11 is 0. The summed E-state index contributed by atoms with van der Waals surface area (Å²) in [5.41, 5.74) is 2.32. The zero-order chi connectivity index (χ0) is 32.3. The first-order valence-electron chi connectivity index (χ1n) is 14.5. The second-order valence-electron chi connectivity index (χ2n) is 12.0. The van der Waals surface area contributed by atoms with Gasteiger partial charge in [-0.15, -0.1) is 0 Å². The molecule has 0 spiro atoms. The summed E-state index contributed by atoms with van der Waals surface area (Å²) in [6.45, 7) is 16.1. The minimum atomic E-state index is -4.98. The van der Waals surface area contributed by atoms with Crippen molar-refractivity contribution in [3.05, 3.63) is 99.7 Å². The van der Waals surface area contributed by atoms with Crippen molar-refractivity contribution in [3.63, 3.8) is 0 Å². The van der Waals surface area contributed by atoms with Crippen molar-refractivity contribution in [1.29, 1.82) is 0 Å². The summed E-state index contributed by atoms with van der Waals surface area (Å²) in [7, 11) is 0. The van der Waals surface area contributed by atoms with Gasteiger partial charge in [-0.3, -0.25) is 4.99 Å². The molecule has 43 heavy (non-hydrogen) atoms. The molecule has 0 aliphatic rings. The number of aliphatic imine (C=N–C) groups is 1. The Labute approximate surface area is 250 Å². The molecule has 8 heteroatoms. The average molecular weight is 603 g/mol. The molecule has 0 aromatic heterocycles. The lowest BCUT2D eigenvalue weighted by atomic mass is 9.92. The zero-order valence-electron chi connectivity index (χ0n) is 25.9. The maximum atomic E-state index is 13.8. The lowest BCUT2D eigenvalue weighted by Crippen LogP contribution is -2.12. The topological polar surface area (TPSA) is 24.4 Å². The van der Waals surface area contributed by atoms with Gasteiger partial charge in [0, 0.05) is 23.7 Å². The summed E-state index contributed by atoms with van der Waals surface area (Å²) < 4.78 is 83.0. The molecule has 0 saturated carbocycles. The van der Waals surface area contributed by atoms with Crippen LogP contribution >= 0.6 is 0 Å². The van der Waals surface area contributed by atoms with Crippen LogP contribution in [0.2, 0.25) is 0 Å². The maximum Gasteiger partial charge on any atom is 0.416 e. The summed E-state index contributed by atoms with van der Waals surface area (Å²) in [5, 5.41) is 3.25. The number of hydrogen-bond acceptors (Lipinski definition) is 2. The number of benzene rings is 3. The predicted octanol–water partition coefficient (Wildman–Crippen LogP) is 12.1. The van der Waals surface area contributed by atoms with E-state index in [4.69, 9.17) is 4.99 Å². The minimum absolute atomic E-state index is 0.0816. The fraction of sp³-hybridized carbons (Fsp3) is 0.400. The van der Waals surface area contributed by atoms with E-state index in [1.807, 2.05) is 91.8 Å². The van der Waals surface area contributed by atoms with Gasteiger partial charge in [-0.2, -0.15) is 26.3 Å². The molecule has 0 unspecified atom stereocenters. The maximum absolute atomic E-state index is 13.8. The van der Waals surface area contributed by atoms with E-state index in [-0.39, 0.29) is 40.9 Å². The molecule has 0 saturated heterocycles. The average Bonchev–Trinajstić information content (AvgIpc) is 2.91. The van der Waals surface area contributed by atoms with Crippen LogP contribution in [0.4, 0.5) is 37.7 Å². The van der Waals surface area contributed by atoms with Crippen LogP contribution in [0.3, 0.4) is 0 Å². The summed E-state index contributed by atoms with van der Waals surface area (Å²) in [4.78, 5) is 4.74. The number of para-hydroxylation sites is 2. The fourth-order valence-corrected chi connectivity index (χ4v) is 4.98. The Morgan fingerprint density at radius 2 is 1.02 bits per heavy atom. The summed E-state index contributed by atoms with van der Waals surface area (Å²) in [5.74, 6) is 0.411. The Morgan fingerprint density at radius 1 is 0.628 bits per heavy atom. The van der Waals surface area contributed by atoms with E-state index < -0.39 is 23.5 Å². The van der Waals surface area contributed by atoms with Gasteiger partial charge in [0.1, 0.15) is 0 Å². The highest BCUT2D eigenvalue weighted by Gasteiger charge is 2.37. The smallest absolute Gasteiger partial charge is 0.361 e. The fourth-order valence-electron chi connectivity index (χ4n) is 4.98. The number of halogens is 6. The molecule has 0 amide bonds. The number of allylic oxidation sites excluding steroid dienone is 1. The van der Waals surface area contributed by atoms with E-state index in [9.17, 15) is 26.3 Å². The Bertz CT molecular complexity index is 1390. The Kier molecular flexibility index (Phi) is 10.6. The van der Waals surface area contributed by atoms with E-state index in [1.165, 1.54) is 12.4 Å². The molecular formula is C35H40F6N2. The third-order valence-electron chi connectivity index (χ3n) is 7.34. The van der Waals surface area contributed by atoms with Gasteiger partial charge >= 0.3 is 12.4 Å². The molecular weight excluding hydrogens is 562 g/mol. The van der Waals surface area contributed by atoms with Gasteiger partial charge in [-0.25, -0.2) is 0 Å². The SMILES string of the molecule is CC(C)c1cccc(C(C)C)c1N=C/C(=C/Nc1c(C(C)C)cccc1C(C)C)c1cc(C(F)(F)F)cc(C(F)(F)F)c1. The van der Waals surface area contributed by atoms with Gasteiger partial charge in [0.25, 0.3) is 0 Å². The molecule has 0 bridgehead atoms. The quantitative estimate of drug-likeness (QED) is 0.191. The first-order valence-corrected chi connectivity index (χ1v) is 14.5. The lowest BCUT2D eigenvalue weighted by Gasteiger charge is -2.20. The number of hydrogen-bond donors (Lipinski definition) is 1. The molecule has 0 aliphatic heterocycles. The van der Waals surface area contributed by atoms with Crippen molar-refractivity contribution >= 4 is 23.2 Å². The van der Waals surface area contributed by atoms with Crippen molar-refractivity contribution in [3.8, 4) is 0 Å². The largest absolute Gasteiger partial charge is 0.416 e. The summed E-state index contributed by atoms with van der Waals surface area (Å²) in [6, 6.07) is 13.3. The first kappa shape index (κ1) is 33.9. The number of nitrogens with zero attached hydrogens (tertiary/aromatic N) is 1. The third kappa shape index (κ3) is 8.30. The molecule has 0 heterocycles. The highest BCUT2D eigenvalue weighted by atomic mass is 19.4. The molecule has 3 aromatic carbocycles. The zero-order valence-corrected chi connectivity index (χ0v) is 25.9. The highest BCUT2D eigenvalue weighted by molar-refractivity contribution is 6.11. The van der Waals surface area contributed by atoms with Crippen LogP contribution < -0.4 is 5.32 Å². The number of anilines is 1. The highest BCUT2D eigenvalue weighted by Crippen LogP contribution is 2.39. The van der Waals surface area contributed by atoms with Crippen LogP contribution in [-0.2, 0) is 12.4 Å². The number of nitrogens with one attached hydrogen (secondary N) is 1. The molecule has 3 rings (SSSR count). The number of alkyl halides is 6. The van der Waals surface area contributed by atoms with Crippen molar-refractivity contribution in [2.24, 2.45) is 4.99 Å². The molecule has 2 nitrogen and oxygen atoms in total. The van der Waals surface area contributed by atoms with E-state index in [2.05, 4.69) is 5.32 Å². The van der Waals surface area contributed by atoms with E-state index in [1.54, 1.807) is 0 Å². The summed E-state index contributed by atoms with van der Waals surface area (Å²) in [6.07, 6.45) is -7.13. The van der Waals surface area contributed by atoms with Gasteiger partial charge in [-0.1, -0.05) is 91.8 Å². The molecule has 3 aromatic rings. The van der Waals surface area contributed by atoms with Crippen molar-refractivity contribution in [1.82, 2.24) is 0 Å². The van der Waals surface area contributed by atoms with Gasteiger partial charge in [-0.05, 0) is 69.7 Å². The molecule has 0 radical (unpaired) electrons. The molecule has 0 fully saturated rings. The Morgan fingerprint density at radius 3 is 1.40 bits per heavy atom. The minimum Gasteiger partial charge on any atom is -0.361 e. The Hall–Kier alpha value is -3.55. The molecule has 1 N–H and O–H groups in total. The monoisotopic (exact) mass is 602 g/mol. The Balaban J connectivity index is 2.34. The van der Waals surface area contributed by atoms with Crippen molar-refractivity contribution in [2.45, 2.75) is 91.4 Å².